The van der Waals surface area contributed by atoms with Crippen molar-refractivity contribution in [3.05, 3.63) is 335 Å². The highest BCUT2D eigenvalue weighted by Crippen LogP contribution is 2.54. The average molecular weight is 1120 g/mol. The molecule has 418 valence electrons. The van der Waals surface area contributed by atoms with Gasteiger partial charge in [0.05, 0.1) is 0 Å². The van der Waals surface area contributed by atoms with E-state index in [1.54, 1.807) is 0 Å². The monoisotopic (exact) mass is 1120 g/mol. The van der Waals surface area contributed by atoms with E-state index in [9.17, 15) is 0 Å². The van der Waals surface area contributed by atoms with Gasteiger partial charge in [0.1, 0.15) is 0 Å². The number of hydrogen-bond donors (Lipinski definition) is 0. The first kappa shape index (κ1) is 53.4. The van der Waals surface area contributed by atoms with Crippen molar-refractivity contribution in [3.8, 4) is 55.6 Å². The summed E-state index contributed by atoms with van der Waals surface area (Å²) < 4.78 is 0. The van der Waals surface area contributed by atoms with E-state index in [2.05, 4.69) is 355 Å². The second-order valence-electron chi connectivity index (χ2n) is 25.4. The van der Waals surface area contributed by atoms with Gasteiger partial charge in [0.25, 0.3) is 0 Å². The molecule has 0 N–H and O–H groups in total. The lowest BCUT2D eigenvalue weighted by molar-refractivity contribution is 0.660. The van der Waals surface area contributed by atoms with Gasteiger partial charge < -0.3 is 9.80 Å². The molecule has 0 spiro atoms. The summed E-state index contributed by atoms with van der Waals surface area (Å²) in [7, 11) is 0. The van der Waals surface area contributed by atoms with Gasteiger partial charge >= 0.3 is 0 Å². The van der Waals surface area contributed by atoms with Crippen molar-refractivity contribution < 1.29 is 0 Å². The second-order valence-corrected chi connectivity index (χ2v) is 25.4. The summed E-state index contributed by atoms with van der Waals surface area (Å²) in [5, 5.41) is 0. The summed E-state index contributed by atoms with van der Waals surface area (Å²) >= 11 is 0. The zero-order valence-corrected chi connectivity index (χ0v) is 50.3. The number of anilines is 6. The summed E-state index contributed by atoms with van der Waals surface area (Å²) in [5.74, 6) is 0. The minimum absolute atomic E-state index is 0.162. The van der Waals surface area contributed by atoms with Crippen LogP contribution in [0.1, 0.15) is 97.2 Å². The Balaban J connectivity index is 0.660. The number of nitrogens with zero attached hydrogens (tertiary/aromatic N) is 2. The van der Waals surface area contributed by atoms with Crippen molar-refractivity contribution in [1.82, 2.24) is 0 Å². The molecular formula is C85H68N2. The maximum Gasteiger partial charge on any atom is 0.0467 e. The van der Waals surface area contributed by atoms with Crippen LogP contribution in [0.2, 0.25) is 0 Å². The lowest BCUT2D eigenvalue weighted by Crippen LogP contribution is -2.16. The van der Waals surface area contributed by atoms with E-state index in [0.29, 0.717) is 0 Å². The first-order valence-electron chi connectivity index (χ1n) is 30.6. The molecule has 87 heavy (non-hydrogen) atoms. The summed E-state index contributed by atoms with van der Waals surface area (Å²) in [6.07, 6.45) is 9.18. The molecule has 0 aliphatic heterocycles. The van der Waals surface area contributed by atoms with Crippen LogP contribution in [0.3, 0.4) is 0 Å². The maximum atomic E-state index is 2.42. The fourth-order valence-corrected chi connectivity index (χ4v) is 14.3. The average Bonchev–Trinajstić information content (AvgIpc) is 1.65. The van der Waals surface area contributed by atoms with Crippen LogP contribution in [0.5, 0.6) is 0 Å². The molecule has 0 heterocycles. The molecule has 0 unspecified atom stereocenters. The smallest absolute Gasteiger partial charge is 0.0467 e. The van der Waals surface area contributed by atoms with Crippen molar-refractivity contribution in [2.45, 2.75) is 57.8 Å². The number of fused-ring (bicyclic) bond motifs is 9. The molecule has 15 rings (SSSR count). The van der Waals surface area contributed by atoms with E-state index >= 15 is 0 Å². The van der Waals surface area contributed by atoms with Crippen LogP contribution >= 0.6 is 0 Å². The number of hydrogen-bond acceptors (Lipinski definition) is 2. The Bertz CT molecular complexity index is 4400. The van der Waals surface area contributed by atoms with Gasteiger partial charge in [-0.15, -0.1) is 0 Å². The number of rotatable bonds is 12. The van der Waals surface area contributed by atoms with E-state index < -0.39 is 0 Å². The fraction of sp³-hybridized carbons (Fsp3) is 0.106. The normalized spacial score (nSPS) is 14.3. The minimum atomic E-state index is -0.198. The lowest BCUT2D eigenvalue weighted by Gasteiger charge is -2.28. The zero-order chi connectivity index (χ0) is 59.0. The third-order valence-corrected chi connectivity index (χ3v) is 19.0. The molecule has 2 heteroatoms. The third-order valence-electron chi connectivity index (χ3n) is 19.0. The van der Waals surface area contributed by atoms with E-state index in [0.717, 1.165) is 34.1 Å². The molecule has 12 aromatic rings. The molecule has 0 saturated carbocycles. The van der Waals surface area contributed by atoms with Crippen LogP contribution in [0.25, 0.3) is 79.9 Å². The molecule has 0 bridgehead atoms. The van der Waals surface area contributed by atoms with Crippen LogP contribution in [0, 0.1) is 0 Å². The van der Waals surface area contributed by atoms with Crippen LogP contribution in [0.4, 0.5) is 34.1 Å². The Morgan fingerprint density at radius 3 is 0.759 bits per heavy atom. The highest BCUT2D eigenvalue weighted by atomic mass is 15.1. The Kier molecular flexibility index (Phi) is 12.9. The first-order valence-corrected chi connectivity index (χ1v) is 30.6. The molecule has 0 radical (unpaired) electrons. The fourth-order valence-electron chi connectivity index (χ4n) is 14.3. The summed E-state index contributed by atoms with van der Waals surface area (Å²) in [5.41, 5.74) is 31.9. The molecule has 2 nitrogen and oxygen atoms in total. The van der Waals surface area contributed by atoms with E-state index in [-0.39, 0.29) is 16.2 Å². The SMILES string of the molecule is CC1(C)c2cc(C=Cc3ccc4c(c3)C(C)(C)c3cc(N(c5ccccc5)c5cccc(-c6ccccc6)c5)ccc3-4)ccc2-c2ccc(C=Cc3ccc4c(c3)C(C)(C)c3cc(N(c5ccccc5)c5cccc(-c6ccccc6)c5)ccc3-4)cc21. The zero-order valence-electron chi connectivity index (χ0n) is 50.3. The molecule has 3 aliphatic carbocycles. The minimum Gasteiger partial charge on any atom is -0.310 e. The highest BCUT2D eigenvalue weighted by Gasteiger charge is 2.39. The van der Waals surface area contributed by atoms with E-state index in [4.69, 9.17) is 0 Å². The Labute approximate surface area is 513 Å². The van der Waals surface area contributed by atoms with Gasteiger partial charge in [-0.2, -0.15) is 0 Å². The molecule has 0 saturated heterocycles. The summed E-state index contributed by atoms with van der Waals surface area (Å²) in [4.78, 5) is 4.79. The van der Waals surface area contributed by atoms with Gasteiger partial charge in [-0.25, -0.2) is 0 Å². The molecule has 3 aliphatic rings. The number of para-hydroxylation sites is 2. The van der Waals surface area contributed by atoms with Gasteiger partial charge in [0, 0.05) is 50.4 Å². The molecule has 0 amide bonds. The Hall–Kier alpha value is -10.3. The van der Waals surface area contributed by atoms with Crippen LogP contribution in [0.15, 0.2) is 279 Å². The largest absolute Gasteiger partial charge is 0.310 e. The second kappa shape index (κ2) is 21.0. The highest BCUT2D eigenvalue weighted by molar-refractivity contribution is 5.91. The molecular weight excluding hydrogens is 1050 g/mol. The van der Waals surface area contributed by atoms with Gasteiger partial charge in [-0.3, -0.25) is 0 Å². The Morgan fingerprint density at radius 2 is 0.448 bits per heavy atom. The molecule has 12 aromatic carbocycles. The molecule has 0 atom stereocenters. The van der Waals surface area contributed by atoms with Crippen LogP contribution in [-0.4, -0.2) is 0 Å². The standard InChI is InChI=1S/C85H68N2/c1-83(2)77-49-57(33-35-59-39-45-73-75-47-41-69(55-81(75)84(3,4)79(73)51-59)86(65-27-15-9-16-28-65)67-31-19-25-63(53-67)61-21-11-7-12-22-61)37-43-71(77)72-44-38-58(50-78(72)83)34-36-60-40-46-74-76-48-42-70(56-82(76)85(5,6)80(74)52-60)87(66-29-17-10-18-30-66)68-32-20-26-64(54-68)62-23-13-8-14-24-62/h7-56H,1-6H3. The van der Waals surface area contributed by atoms with Gasteiger partial charge in [-0.1, -0.05) is 272 Å². The quantitative estimate of drug-likeness (QED) is 0.113. The van der Waals surface area contributed by atoms with Crippen molar-refractivity contribution in [3.63, 3.8) is 0 Å². The first-order chi connectivity index (χ1) is 42.4. The topological polar surface area (TPSA) is 6.48 Å². The predicted octanol–water partition coefficient (Wildman–Crippen LogP) is 23.2. The van der Waals surface area contributed by atoms with Crippen molar-refractivity contribution in [2.75, 3.05) is 9.80 Å². The van der Waals surface area contributed by atoms with Gasteiger partial charge in [0.15, 0.2) is 0 Å². The maximum absolute atomic E-state index is 2.42. The lowest BCUT2D eigenvalue weighted by atomic mass is 9.81. The van der Waals surface area contributed by atoms with Gasteiger partial charge in [0.2, 0.25) is 0 Å². The molecule has 0 fully saturated rings. The summed E-state index contributed by atoms with van der Waals surface area (Å²) in [6, 6.07) is 103. The van der Waals surface area contributed by atoms with Crippen molar-refractivity contribution >= 4 is 58.4 Å². The number of benzene rings is 12. The van der Waals surface area contributed by atoms with Crippen LogP contribution < -0.4 is 9.80 Å². The van der Waals surface area contributed by atoms with Crippen molar-refractivity contribution in [2.24, 2.45) is 0 Å². The van der Waals surface area contributed by atoms with Crippen molar-refractivity contribution in [1.29, 1.82) is 0 Å². The van der Waals surface area contributed by atoms with E-state index in [1.807, 2.05) is 0 Å². The van der Waals surface area contributed by atoms with Gasteiger partial charge in [-0.05, 0) is 184 Å². The molecule has 0 aromatic heterocycles. The third kappa shape index (κ3) is 9.36. The summed E-state index contributed by atoms with van der Waals surface area (Å²) in [6.45, 7) is 14.3. The Morgan fingerprint density at radius 1 is 0.207 bits per heavy atom. The van der Waals surface area contributed by atoms with E-state index in [1.165, 1.54) is 111 Å². The van der Waals surface area contributed by atoms with Crippen LogP contribution in [-0.2, 0) is 16.2 Å². The predicted molar refractivity (Wildman–Crippen MR) is 370 cm³/mol.